The molecule has 2 amide bonds. The highest BCUT2D eigenvalue weighted by Crippen LogP contribution is 2.34. The predicted molar refractivity (Wildman–Crippen MR) is 106 cm³/mol. The standard InChI is InChI=1S/C19H29N7O3/c1-4-12(3)29-19(28)21-14-7-6-13(8-14)16-10-17(24-23-16)22-18(27)9-15-11-20-26(5-2)25-15/h10-14H,4-9H2,1-3H3,(H,21,28)(H2,22,23,24,27). The van der Waals surface area contributed by atoms with E-state index < -0.39 is 0 Å². The largest absolute Gasteiger partial charge is 0.447 e. The van der Waals surface area contributed by atoms with Crippen molar-refractivity contribution in [3.8, 4) is 0 Å². The summed E-state index contributed by atoms with van der Waals surface area (Å²) in [6.45, 7) is 6.46. The Morgan fingerprint density at radius 2 is 2.21 bits per heavy atom. The molecule has 0 radical (unpaired) electrons. The van der Waals surface area contributed by atoms with E-state index in [-0.39, 0.29) is 36.5 Å². The number of anilines is 1. The number of carbonyl (C=O) groups is 2. The van der Waals surface area contributed by atoms with Gasteiger partial charge in [-0.2, -0.15) is 20.1 Å². The number of alkyl carbamates (subject to hydrolysis) is 1. The predicted octanol–water partition coefficient (Wildman–Crippen LogP) is 2.36. The van der Waals surface area contributed by atoms with Crippen LogP contribution in [0.15, 0.2) is 12.3 Å². The minimum Gasteiger partial charge on any atom is -0.447 e. The Hall–Kier alpha value is -2.91. The van der Waals surface area contributed by atoms with Gasteiger partial charge in [-0.05, 0) is 39.5 Å². The number of rotatable bonds is 8. The first-order valence-electron chi connectivity index (χ1n) is 10.2. The number of aromatic amines is 1. The first-order valence-corrected chi connectivity index (χ1v) is 10.2. The van der Waals surface area contributed by atoms with E-state index >= 15 is 0 Å². The summed E-state index contributed by atoms with van der Waals surface area (Å²) in [4.78, 5) is 25.6. The number of hydrogen-bond donors (Lipinski definition) is 3. The Kier molecular flexibility index (Phi) is 6.84. The lowest BCUT2D eigenvalue weighted by atomic mass is 10.0. The molecule has 10 nitrogen and oxygen atoms in total. The molecule has 3 N–H and O–H groups in total. The smallest absolute Gasteiger partial charge is 0.407 e. The van der Waals surface area contributed by atoms with Gasteiger partial charge in [-0.25, -0.2) is 4.79 Å². The second kappa shape index (κ2) is 9.53. The average Bonchev–Trinajstić information content (AvgIpc) is 3.42. The highest BCUT2D eigenvalue weighted by Gasteiger charge is 2.29. The van der Waals surface area contributed by atoms with Gasteiger partial charge < -0.3 is 15.4 Å². The van der Waals surface area contributed by atoms with Crippen molar-refractivity contribution in [1.82, 2.24) is 30.5 Å². The number of nitrogens with one attached hydrogen (secondary N) is 3. The van der Waals surface area contributed by atoms with E-state index in [4.69, 9.17) is 4.74 Å². The minimum absolute atomic E-state index is 0.0825. The van der Waals surface area contributed by atoms with Crippen LogP contribution in [0.3, 0.4) is 0 Å². The maximum Gasteiger partial charge on any atom is 0.407 e. The minimum atomic E-state index is -0.359. The zero-order chi connectivity index (χ0) is 20.8. The van der Waals surface area contributed by atoms with Crippen molar-refractivity contribution >= 4 is 17.8 Å². The number of aromatic nitrogens is 5. The molecule has 3 rings (SSSR count). The van der Waals surface area contributed by atoms with Crippen LogP contribution in [0.2, 0.25) is 0 Å². The van der Waals surface area contributed by atoms with Crippen molar-refractivity contribution in [2.24, 2.45) is 0 Å². The molecule has 1 fully saturated rings. The molecule has 0 aliphatic heterocycles. The number of H-pyrrole nitrogens is 1. The number of aryl methyl sites for hydroxylation is 1. The monoisotopic (exact) mass is 403 g/mol. The van der Waals surface area contributed by atoms with Crippen LogP contribution in [0.5, 0.6) is 0 Å². The lowest BCUT2D eigenvalue weighted by Gasteiger charge is -2.16. The Labute approximate surface area is 169 Å². The van der Waals surface area contributed by atoms with E-state index in [1.165, 1.54) is 0 Å². The summed E-state index contributed by atoms with van der Waals surface area (Å²) in [5.41, 5.74) is 1.57. The highest BCUT2D eigenvalue weighted by molar-refractivity contribution is 5.91. The molecule has 10 heteroatoms. The number of nitrogens with zero attached hydrogens (tertiary/aromatic N) is 4. The second-order valence-electron chi connectivity index (χ2n) is 7.43. The quantitative estimate of drug-likeness (QED) is 0.621. The van der Waals surface area contributed by atoms with Crippen molar-refractivity contribution < 1.29 is 14.3 Å². The zero-order valence-electron chi connectivity index (χ0n) is 17.1. The van der Waals surface area contributed by atoms with Crippen LogP contribution >= 0.6 is 0 Å². The Balaban J connectivity index is 1.47. The fourth-order valence-electron chi connectivity index (χ4n) is 3.39. The average molecular weight is 403 g/mol. The SMILES string of the molecule is CCC(C)OC(=O)NC1CCC(c2cc(NC(=O)Cc3cnn(CC)n3)n[nH]2)C1. The highest BCUT2D eigenvalue weighted by atomic mass is 16.6. The topological polar surface area (TPSA) is 127 Å². The molecule has 1 saturated carbocycles. The van der Waals surface area contributed by atoms with E-state index in [0.29, 0.717) is 18.1 Å². The lowest BCUT2D eigenvalue weighted by molar-refractivity contribution is -0.115. The van der Waals surface area contributed by atoms with Gasteiger partial charge in [0.25, 0.3) is 0 Å². The van der Waals surface area contributed by atoms with E-state index in [2.05, 4.69) is 31.0 Å². The van der Waals surface area contributed by atoms with Crippen LogP contribution in [0, 0.1) is 0 Å². The van der Waals surface area contributed by atoms with E-state index in [9.17, 15) is 9.59 Å². The van der Waals surface area contributed by atoms with Crippen molar-refractivity contribution in [3.63, 3.8) is 0 Å². The van der Waals surface area contributed by atoms with Gasteiger partial charge in [-0.3, -0.25) is 9.89 Å². The van der Waals surface area contributed by atoms with E-state index in [0.717, 1.165) is 31.4 Å². The molecule has 1 aliphatic rings. The number of hydrogen-bond acceptors (Lipinski definition) is 6. The summed E-state index contributed by atoms with van der Waals surface area (Å²) >= 11 is 0. The number of amides is 2. The van der Waals surface area contributed by atoms with Gasteiger partial charge in [-0.1, -0.05) is 6.92 Å². The summed E-state index contributed by atoms with van der Waals surface area (Å²) in [5.74, 6) is 0.553. The lowest BCUT2D eigenvalue weighted by Crippen LogP contribution is -2.35. The van der Waals surface area contributed by atoms with Gasteiger partial charge in [0, 0.05) is 23.7 Å². The molecule has 158 valence electrons. The molecular weight excluding hydrogens is 374 g/mol. The van der Waals surface area contributed by atoms with Crippen LogP contribution in [-0.4, -0.2) is 49.3 Å². The van der Waals surface area contributed by atoms with Gasteiger partial charge in [-0.15, -0.1) is 0 Å². The fraction of sp³-hybridized carbons (Fsp3) is 0.632. The van der Waals surface area contributed by atoms with Crippen molar-refractivity contribution in [1.29, 1.82) is 0 Å². The molecule has 0 bridgehead atoms. The van der Waals surface area contributed by atoms with Crippen LogP contribution in [-0.2, 0) is 22.5 Å². The third-order valence-electron chi connectivity index (χ3n) is 5.15. The third kappa shape index (κ3) is 5.78. The van der Waals surface area contributed by atoms with Crippen molar-refractivity contribution in [3.05, 3.63) is 23.7 Å². The third-order valence-corrected chi connectivity index (χ3v) is 5.15. The summed E-state index contributed by atoms with van der Waals surface area (Å²) in [5, 5.41) is 21.2. The molecule has 3 unspecified atom stereocenters. The Morgan fingerprint density at radius 3 is 2.93 bits per heavy atom. The first-order chi connectivity index (χ1) is 14.0. The molecule has 1 aliphatic carbocycles. The van der Waals surface area contributed by atoms with E-state index in [1.807, 2.05) is 26.8 Å². The number of carbonyl (C=O) groups excluding carboxylic acids is 2. The fourth-order valence-corrected chi connectivity index (χ4v) is 3.39. The number of ether oxygens (including phenoxy) is 1. The van der Waals surface area contributed by atoms with Crippen molar-refractivity contribution in [2.75, 3.05) is 5.32 Å². The van der Waals surface area contributed by atoms with Gasteiger partial charge in [0.1, 0.15) is 6.10 Å². The molecule has 0 aromatic carbocycles. The van der Waals surface area contributed by atoms with Gasteiger partial charge in [0.15, 0.2) is 5.82 Å². The zero-order valence-corrected chi connectivity index (χ0v) is 17.1. The van der Waals surface area contributed by atoms with Gasteiger partial charge in [0.05, 0.1) is 24.9 Å². The Bertz CT molecular complexity index is 831. The van der Waals surface area contributed by atoms with Crippen LogP contribution in [0.1, 0.15) is 63.8 Å². The molecule has 0 spiro atoms. The molecule has 2 aromatic heterocycles. The maximum absolute atomic E-state index is 12.2. The van der Waals surface area contributed by atoms with Gasteiger partial charge in [0.2, 0.25) is 5.91 Å². The van der Waals surface area contributed by atoms with Crippen LogP contribution < -0.4 is 10.6 Å². The summed E-state index contributed by atoms with van der Waals surface area (Å²) in [6, 6.07) is 1.93. The molecular formula is C19H29N7O3. The summed E-state index contributed by atoms with van der Waals surface area (Å²) in [7, 11) is 0. The summed E-state index contributed by atoms with van der Waals surface area (Å²) in [6.07, 6.45) is 4.72. The molecule has 29 heavy (non-hydrogen) atoms. The van der Waals surface area contributed by atoms with Crippen LogP contribution in [0.4, 0.5) is 10.6 Å². The summed E-state index contributed by atoms with van der Waals surface area (Å²) < 4.78 is 5.28. The normalized spacial score (nSPS) is 19.7. The molecule has 0 saturated heterocycles. The molecule has 2 aromatic rings. The molecule has 2 heterocycles. The first kappa shape index (κ1) is 20.8. The Morgan fingerprint density at radius 1 is 1.38 bits per heavy atom. The molecule has 3 atom stereocenters. The van der Waals surface area contributed by atoms with Crippen LogP contribution in [0.25, 0.3) is 0 Å². The second-order valence-corrected chi connectivity index (χ2v) is 7.43. The van der Waals surface area contributed by atoms with E-state index in [1.54, 1.807) is 11.0 Å². The maximum atomic E-state index is 12.2. The van der Waals surface area contributed by atoms with Gasteiger partial charge >= 0.3 is 6.09 Å². The van der Waals surface area contributed by atoms with Crippen molar-refractivity contribution in [2.45, 2.75) is 77.5 Å².